The summed E-state index contributed by atoms with van der Waals surface area (Å²) in [5.74, 6) is 0.430. The highest BCUT2D eigenvalue weighted by atomic mass is 16.5. The number of carbonyl (C=O) groups excluding carboxylic acids is 1. The number of hydrogen-bond acceptors (Lipinski definition) is 6. The molecule has 23 heavy (non-hydrogen) atoms. The number of rotatable bonds is 4. The molecular weight excluding hydrogens is 298 g/mol. The van der Waals surface area contributed by atoms with Crippen molar-refractivity contribution >= 4 is 22.6 Å². The van der Waals surface area contributed by atoms with Crippen molar-refractivity contribution in [2.75, 3.05) is 38.3 Å². The maximum absolute atomic E-state index is 11.8. The van der Waals surface area contributed by atoms with Gasteiger partial charge in [-0.2, -0.15) is 0 Å². The lowest BCUT2D eigenvalue weighted by atomic mass is 10.1. The van der Waals surface area contributed by atoms with Gasteiger partial charge in [0, 0.05) is 36.7 Å². The van der Waals surface area contributed by atoms with Crippen molar-refractivity contribution in [3.05, 3.63) is 24.0 Å². The van der Waals surface area contributed by atoms with Crippen molar-refractivity contribution in [1.82, 2.24) is 0 Å². The maximum atomic E-state index is 11.8. The number of benzene rings is 1. The van der Waals surface area contributed by atoms with Gasteiger partial charge in [-0.3, -0.25) is 0 Å². The largest absolute Gasteiger partial charge is 0.491 e. The first kappa shape index (κ1) is 15.7. The lowest BCUT2D eigenvalue weighted by molar-refractivity contribution is 0.0567. The molecule has 1 aromatic carbocycles. The lowest BCUT2D eigenvalue weighted by Gasteiger charge is -2.29. The van der Waals surface area contributed by atoms with Gasteiger partial charge in [-0.25, -0.2) is 4.79 Å². The zero-order chi connectivity index (χ0) is 16.4. The minimum Gasteiger partial charge on any atom is -0.491 e. The molecule has 2 heterocycles. The molecule has 3 rings (SSSR count). The summed E-state index contributed by atoms with van der Waals surface area (Å²) in [6.07, 6.45) is 0.0556. The van der Waals surface area contributed by atoms with E-state index in [1.807, 2.05) is 26.0 Å². The second-order valence-corrected chi connectivity index (χ2v) is 5.72. The Balaban J connectivity index is 2.08. The van der Waals surface area contributed by atoms with Gasteiger partial charge in [-0.05, 0) is 13.8 Å². The number of anilines is 1. The van der Waals surface area contributed by atoms with Crippen LogP contribution in [0.25, 0.3) is 11.0 Å². The van der Waals surface area contributed by atoms with Gasteiger partial charge >= 0.3 is 5.97 Å². The van der Waals surface area contributed by atoms with Crippen LogP contribution in [0.1, 0.15) is 24.4 Å². The summed E-state index contributed by atoms with van der Waals surface area (Å²) in [7, 11) is 1.34. The average molecular weight is 319 g/mol. The molecule has 1 aliphatic rings. The third kappa shape index (κ3) is 3.27. The lowest BCUT2D eigenvalue weighted by Crippen LogP contribution is -2.36. The summed E-state index contributed by atoms with van der Waals surface area (Å²) in [6, 6.07) is 5.53. The highest BCUT2D eigenvalue weighted by Crippen LogP contribution is 2.35. The van der Waals surface area contributed by atoms with Crippen molar-refractivity contribution in [3.8, 4) is 5.75 Å². The van der Waals surface area contributed by atoms with E-state index in [-0.39, 0.29) is 11.9 Å². The number of ether oxygens (including phenoxy) is 3. The average Bonchev–Trinajstić information content (AvgIpc) is 2.97. The third-order valence-electron chi connectivity index (χ3n) is 3.70. The van der Waals surface area contributed by atoms with Gasteiger partial charge in [0.25, 0.3) is 0 Å². The Morgan fingerprint density at radius 2 is 1.96 bits per heavy atom. The molecule has 124 valence electrons. The first-order valence-electron chi connectivity index (χ1n) is 7.73. The first-order chi connectivity index (χ1) is 11.1. The fourth-order valence-electron chi connectivity index (χ4n) is 2.70. The highest BCUT2D eigenvalue weighted by Gasteiger charge is 2.21. The summed E-state index contributed by atoms with van der Waals surface area (Å²) >= 11 is 0. The molecular formula is C17H21NO5. The minimum absolute atomic E-state index is 0.0556. The highest BCUT2D eigenvalue weighted by molar-refractivity contribution is 5.98. The van der Waals surface area contributed by atoms with Crippen LogP contribution >= 0.6 is 0 Å². The van der Waals surface area contributed by atoms with Gasteiger partial charge in [0.2, 0.25) is 5.76 Å². The van der Waals surface area contributed by atoms with Crippen molar-refractivity contribution in [2.45, 2.75) is 20.0 Å². The predicted molar refractivity (Wildman–Crippen MR) is 86.3 cm³/mol. The summed E-state index contributed by atoms with van der Waals surface area (Å²) in [4.78, 5) is 14.0. The molecule has 1 aromatic heterocycles. The van der Waals surface area contributed by atoms with E-state index in [4.69, 9.17) is 18.6 Å². The van der Waals surface area contributed by atoms with Crippen LogP contribution in [-0.2, 0) is 9.47 Å². The van der Waals surface area contributed by atoms with Crippen LogP contribution in [0.2, 0.25) is 0 Å². The van der Waals surface area contributed by atoms with Gasteiger partial charge in [0.05, 0.1) is 32.1 Å². The third-order valence-corrected chi connectivity index (χ3v) is 3.70. The van der Waals surface area contributed by atoms with Gasteiger partial charge in [-0.1, -0.05) is 0 Å². The molecule has 1 aliphatic heterocycles. The fourth-order valence-corrected chi connectivity index (χ4v) is 2.70. The molecule has 0 N–H and O–H groups in total. The number of hydrogen-bond donors (Lipinski definition) is 0. The van der Waals surface area contributed by atoms with Crippen LogP contribution < -0.4 is 9.64 Å². The van der Waals surface area contributed by atoms with Crippen LogP contribution in [0.4, 0.5) is 5.69 Å². The fraction of sp³-hybridized carbons (Fsp3) is 0.471. The summed E-state index contributed by atoms with van der Waals surface area (Å²) < 4.78 is 21.6. The van der Waals surface area contributed by atoms with E-state index in [1.54, 1.807) is 6.07 Å². The number of methoxy groups -OCH3 is 1. The molecule has 6 heteroatoms. The molecule has 0 atom stereocenters. The number of morpholine rings is 1. The van der Waals surface area contributed by atoms with Crippen molar-refractivity contribution in [1.29, 1.82) is 0 Å². The number of carbonyl (C=O) groups is 1. The Morgan fingerprint density at radius 1 is 1.22 bits per heavy atom. The molecule has 0 bridgehead atoms. The molecule has 1 fully saturated rings. The van der Waals surface area contributed by atoms with E-state index >= 15 is 0 Å². The quantitative estimate of drug-likeness (QED) is 0.808. The summed E-state index contributed by atoms with van der Waals surface area (Å²) in [6.45, 7) is 6.89. The van der Waals surface area contributed by atoms with Gasteiger partial charge in [-0.15, -0.1) is 0 Å². The maximum Gasteiger partial charge on any atom is 0.373 e. The zero-order valence-electron chi connectivity index (χ0n) is 13.6. The number of furan rings is 1. The number of esters is 1. The van der Waals surface area contributed by atoms with Crippen LogP contribution in [-0.4, -0.2) is 45.5 Å². The Bertz CT molecular complexity index is 700. The Kier molecular flexibility index (Phi) is 4.43. The standard InChI is InChI=1S/C17H21NO5/c1-11(2)22-12-8-14(18-4-6-21-7-5-18)13-10-16(17(19)20-3)23-15(13)9-12/h8-11H,4-7H2,1-3H3. The van der Waals surface area contributed by atoms with E-state index < -0.39 is 5.97 Å². The number of fused-ring (bicyclic) bond motifs is 1. The van der Waals surface area contributed by atoms with Gasteiger partial charge in [0.15, 0.2) is 0 Å². The van der Waals surface area contributed by atoms with Crippen LogP contribution in [0, 0.1) is 0 Å². The molecule has 0 unspecified atom stereocenters. The summed E-state index contributed by atoms with van der Waals surface area (Å²) in [5, 5.41) is 0.878. The van der Waals surface area contributed by atoms with Gasteiger partial charge < -0.3 is 23.5 Å². The topological polar surface area (TPSA) is 61.1 Å². The van der Waals surface area contributed by atoms with E-state index in [1.165, 1.54) is 7.11 Å². The Hall–Kier alpha value is -2.21. The molecule has 6 nitrogen and oxygen atoms in total. The molecule has 0 radical (unpaired) electrons. The zero-order valence-corrected chi connectivity index (χ0v) is 13.6. The Morgan fingerprint density at radius 3 is 2.61 bits per heavy atom. The van der Waals surface area contributed by atoms with Crippen molar-refractivity contribution < 1.29 is 23.4 Å². The van der Waals surface area contributed by atoms with Crippen molar-refractivity contribution in [3.63, 3.8) is 0 Å². The predicted octanol–water partition coefficient (Wildman–Crippen LogP) is 2.84. The smallest absolute Gasteiger partial charge is 0.373 e. The van der Waals surface area contributed by atoms with Crippen molar-refractivity contribution in [2.24, 2.45) is 0 Å². The van der Waals surface area contributed by atoms with Crippen LogP contribution in [0.15, 0.2) is 22.6 Å². The monoisotopic (exact) mass is 319 g/mol. The van der Waals surface area contributed by atoms with Crippen LogP contribution in [0.5, 0.6) is 5.75 Å². The minimum atomic E-state index is -0.486. The van der Waals surface area contributed by atoms with E-state index in [2.05, 4.69) is 4.90 Å². The van der Waals surface area contributed by atoms with E-state index in [0.29, 0.717) is 18.8 Å². The second kappa shape index (κ2) is 6.50. The Labute approximate surface area is 134 Å². The molecule has 0 spiro atoms. The van der Waals surface area contributed by atoms with Gasteiger partial charge in [0.1, 0.15) is 11.3 Å². The normalized spacial score (nSPS) is 15.2. The van der Waals surface area contributed by atoms with E-state index in [0.717, 1.165) is 29.9 Å². The molecule has 0 saturated carbocycles. The number of nitrogens with zero attached hydrogens (tertiary/aromatic N) is 1. The first-order valence-corrected chi connectivity index (χ1v) is 7.73. The second-order valence-electron chi connectivity index (χ2n) is 5.72. The molecule has 0 aliphatic carbocycles. The SMILES string of the molecule is COC(=O)c1cc2c(N3CCOCC3)cc(OC(C)C)cc2o1. The summed E-state index contributed by atoms with van der Waals surface area (Å²) in [5.41, 5.74) is 1.60. The molecule has 1 saturated heterocycles. The van der Waals surface area contributed by atoms with E-state index in [9.17, 15) is 4.79 Å². The molecule has 0 amide bonds. The van der Waals surface area contributed by atoms with Crippen LogP contribution in [0.3, 0.4) is 0 Å². The molecule has 2 aromatic rings.